The van der Waals surface area contributed by atoms with Crippen molar-refractivity contribution in [2.75, 3.05) is 6.61 Å². The molecule has 35 heavy (non-hydrogen) atoms. The summed E-state index contributed by atoms with van der Waals surface area (Å²) in [7, 11) is 0. The van der Waals surface area contributed by atoms with Crippen LogP contribution in [0.4, 0.5) is 0 Å². The van der Waals surface area contributed by atoms with E-state index in [4.69, 9.17) is 19.4 Å². The second-order valence-corrected chi connectivity index (χ2v) is 10.0. The molecule has 3 heterocycles. The van der Waals surface area contributed by atoms with Gasteiger partial charge < -0.3 is 24.6 Å². The molecule has 3 aliphatic heterocycles. The van der Waals surface area contributed by atoms with Crippen molar-refractivity contribution in [2.24, 2.45) is 5.92 Å². The zero-order valence-corrected chi connectivity index (χ0v) is 21.1. The molecule has 2 amide bonds. The molecule has 3 aliphatic rings. The molecule has 196 valence electrons. The van der Waals surface area contributed by atoms with Crippen LogP contribution in [0.25, 0.3) is 0 Å². The smallest absolute Gasteiger partial charge is 0.245 e. The summed E-state index contributed by atoms with van der Waals surface area (Å²) in [4.78, 5) is 23.6. The van der Waals surface area contributed by atoms with Crippen LogP contribution in [0.2, 0.25) is 0 Å². The average molecular weight is 493 g/mol. The number of hydrogen-bond donors (Lipinski definition) is 4. The lowest BCUT2D eigenvalue weighted by Crippen LogP contribution is -2.50. The highest BCUT2D eigenvalue weighted by Crippen LogP contribution is 2.43. The first-order valence-corrected chi connectivity index (χ1v) is 12.5. The minimum atomic E-state index is -0.818. The van der Waals surface area contributed by atoms with E-state index in [0.29, 0.717) is 13.0 Å². The summed E-state index contributed by atoms with van der Waals surface area (Å²) in [6.45, 7) is 8.53. The maximum absolute atomic E-state index is 12.0. The van der Waals surface area contributed by atoms with Gasteiger partial charge in [0.25, 0.3) is 0 Å². The van der Waals surface area contributed by atoms with E-state index in [1.807, 2.05) is 32.9 Å². The summed E-state index contributed by atoms with van der Waals surface area (Å²) in [5.41, 5.74) is 1.96. The van der Waals surface area contributed by atoms with Gasteiger partial charge in [-0.15, -0.1) is 0 Å². The van der Waals surface area contributed by atoms with Crippen LogP contribution in [0.1, 0.15) is 59.8 Å². The number of carbonyl (C=O) groups is 2. The fourth-order valence-electron chi connectivity index (χ4n) is 4.84. The monoisotopic (exact) mass is 492 g/mol. The number of aliphatic hydroxyl groups is 1. The van der Waals surface area contributed by atoms with Crippen LogP contribution in [0.3, 0.4) is 0 Å². The van der Waals surface area contributed by atoms with Gasteiger partial charge in [0.2, 0.25) is 11.8 Å². The van der Waals surface area contributed by atoms with Gasteiger partial charge >= 0.3 is 0 Å². The van der Waals surface area contributed by atoms with Gasteiger partial charge in [-0.05, 0) is 45.1 Å². The molecule has 1 spiro atoms. The molecule has 0 aromatic rings. The maximum Gasteiger partial charge on any atom is 0.245 e. The van der Waals surface area contributed by atoms with Crippen molar-refractivity contribution in [3.63, 3.8) is 0 Å². The fourth-order valence-corrected chi connectivity index (χ4v) is 4.84. The van der Waals surface area contributed by atoms with Crippen LogP contribution in [0.15, 0.2) is 36.0 Å². The van der Waals surface area contributed by atoms with Gasteiger partial charge in [0.1, 0.15) is 17.8 Å². The Morgan fingerprint density at radius 1 is 1.20 bits per heavy atom. The van der Waals surface area contributed by atoms with E-state index in [1.54, 1.807) is 17.6 Å². The SMILES string of the molecule is CC/C=C\C(=O)N[C@@H]1C[C@H](C)[C@H](C/C=C(C)/C=C/[C@H]2O[C@H](CC(=O)NO)C[C@@]3(CO3)[C@@H]2O)O[C@@H]1C. The molecule has 0 radical (unpaired) electrons. The number of amides is 2. The van der Waals surface area contributed by atoms with Crippen LogP contribution in [-0.4, -0.2) is 70.9 Å². The maximum atomic E-state index is 12.0. The predicted octanol–water partition coefficient (Wildman–Crippen LogP) is 2.33. The first-order chi connectivity index (χ1) is 16.7. The summed E-state index contributed by atoms with van der Waals surface area (Å²) < 4.78 is 17.7. The zero-order chi connectivity index (χ0) is 25.6. The summed E-state index contributed by atoms with van der Waals surface area (Å²) in [6.07, 6.45) is 10.1. The molecule has 3 rings (SSSR count). The molecule has 9 heteroatoms. The van der Waals surface area contributed by atoms with Gasteiger partial charge in [0.15, 0.2) is 0 Å². The number of hydrogen-bond acceptors (Lipinski definition) is 7. The average Bonchev–Trinajstić information content (AvgIpc) is 3.60. The third-order valence-corrected chi connectivity index (χ3v) is 7.10. The van der Waals surface area contributed by atoms with Gasteiger partial charge in [-0.1, -0.05) is 43.7 Å². The molecule has 0 aromatic carbocycles. The number of nitrogens with one attached hydrogen (secondary N) is 2. The first kappa shape index (κ1) is 27.5. The Kier molecular flexibility index (Phi) is 9.66. The summed E-state index contributed by atoms with van der Waals surface area (Å²) in [5.74, 6) is -0.326. The van der Waals surface area contributed by atoms with Gasteiger partial charge in [-0.2, -0.15) is 0 Å². The van der Waals surface area contributed by atoms with Crippen molar-refractivity contribution >= 4 is 11.8 Å². The molecule has 9 nitrogen and oxygen atoms in total. The standard InChI is InChI=1S/C26H40N2O7/c1-5-6-7-23(29)27-20-12-17(3)21(34-18(20)4)10-8-16(2)9-11-22-25(31)26(15-33-26)14-19(35-22)13-24(30)28-32/h6-9,11,17-22,25,31-32H,5,10,12-15H2,1-4H3,(H,27,29)(H,28,30)/b7-6-,11-9+,16-8+/t17-,18+,19+,20+,21-,22+,25+,26+/m0/s1. The highest BCUT2D eigenvalue weighted by molar-refractivity contribution is 5.87. The Morgan fingerprint density at radius 2 is 1.94 bits per heavy atom. The Hall–Kier alpha value is -2.04. The van der Waals surface area contributed by atoms with Crippen LogP contribution >= 0.6 is 0 Å². The molecular formula is C26H40N2O7. The Labute approximate surface area is 207 Å². The Bertz CT molecular complexity index is 836. The minimum absolute atomic E-state index is 0.00107. The van der Waals surface area contributed by atoms with E-state index in [-0.39, 0.29) is 36.5 Å². The van der Waals surface area contributed by atoms with E-state index in [0.717, 1.165) is 24.8 Å². The molecule has 3 saturated heterocycles. The van der Waals surface area contributed by atoms with Crippen molar-refractivity contribution in [1.29, 1.82) is 0 Å². The zero-order valence-electron chi connectivity index (χ0n) is 21.1. The second kappa shape index (κ2) is 12.3. The molecular weight excluding hydrogens is 452 g/mol. The number of aliphatic hydroxyl groups excluding tert-OH is 1. The molecule has 8 atom stereocenters. The lowest BCUT2D eigenvalue weighted by molar-refractivity contribution is -0.149. The number of ether oxygens (including phenoxy) is 3. The highest BCUT2D eigenvalue weighted by atomic mass is 16.6. The molecule has 0 unspecified atom stereocenters. The van der Waals surface area contributed by atoms with Crippen LogP contribution in [0.5, 0.6) is 0 Å². The van der Waals surface area contributed by atoms with Crippen molar-refractivity contribution in [3.8, 4) is 0 Å². The highest BCUT2D eigenvalue weighted by Gasteiger charge is 2.58. The van der Waals surface area contributed by atoms with E-state index < -0.39 is 29.8 Å². The molecule has 0 aromatic heterocycles. The fraction of sp³-hybridized carbons (Fsp3) is 0.692. The Morgan fingerprint density at radius 3 is 2.60 bits per heavy atom. The molecule has 0 bridgehead atoms. The van der Waals surface area contributed by atoms with Gasteiger partial charge in [-0.3, -0.25) is 14.8 Å². The third kappa shape index (κ3) is 7.47. The molecule has 4 N–H and O–H groups in total. The van der Waals surface area contributed by atoms with E-state index in [1.165, 1.54) is 0 Å². The van der Waals surface area contributed by atoms with E-state index in [9.17, 15) is 14.7 Å². The number of allylic oxidation sites excluding steroid dienone is 3. The lowest BCUT2D eigenvalue weighted by atomic mass is 9.87. The quantitative estimate of drug-likeness (QED) is 0.128. The number of epoxide rings is 1. The van der Waals surface area contributed by atoms with Crippen LogP contribution in [0, 0.1) is 5.92 Å². The number of hydroxylamine groups is 1. The molecule has 0 aliphatic carbocycles. The second-order valence-electron chi connectivity index (χ2n) is 10.0. The van der Waals surface area contributed by atoms with Crippen molar-refractivity contribution in [1.82, 2.24) is 10.8 Å². The minimum Gasteiger partial charge on any atom is -0.387 e. The van der Waals surface area contributed by atoms with Crippen molar-refractivity contribution in [3.05, 3.63) is 36.0 Å². The first-order valence-electron chi connectivity index (χ1n) is 12.5. The van der Waals surface area contributed by atoms with Gasteiger partial charge in [-0.25, -0.2) is 5.48 Å². The van der Waals surface area contributed by atoms with Crippen LogP contribution < -0.4 is 10.8 Å². The normalized spacial score (nSPS) is 37.7. The largest absolute Gasteiger partial charge is 0.387 e. The van der Waals surface area contributed by atoms with Crippen molar-refractivity contribution < 1.29 is 34.1 Å². The lowest BCUT2D eigenvalue weighted by Gasteiger charge is -2.39. The third-order valence-electron chi connectivity index (χ3n) is 7.10. The summed E-state index contributed by atoms with van der Waals surface area (Å²) in [5, 5.41) is 22.5. The van der Waals surface area contributed by atoms with Crippen molar-refractivity contribution in [2.45, 2.75) is 102 Å². The predicted molar refractivity (Wildman–Crippen MR) is 130 cm³/mol. The topological polar surface area (TPSA) is 130 Å². The van der Waals surface area contributed by atoms with E-state index >= 15 is 0 Å². The van der Waals surface area contributed by atoms with E-state index in [2.05, 4.69) is 18.3 Å². The molecule has 3 fully saturated rings. The summed E-state index contributed by atoms with van der Waals surface area (Å²) >= 11 is 0. The summed E-state index contributed by atoms with van der Waals surface area (Å²) in [6, 6.07) is -0.0111. The number of carbonyl (C=O) groups excluding carboxylic acids is 2. The Balaban J connectivity index is 1.53. The molecule has 0 saturated carbocycles. The van der Waals surface area contributed by atoms with Gasteiger partial charge in [0.05, 0.1) is 37.4 Å². The van der Waals surface area contributed by atoms with Crippen LogP contribution in [-0.2, 0) is 23.8 Å². The number of rotatable bonds is 9. The van der Waals surface area contributed by atoms with Gasteiger partial charge in [0, 0.05) is 6.42 Å².